The number of nitrogens with one attached hydrogen (secondary N) is 1. The van der Waals surface area contributed by atoms with Crippen LogP contribution >= 0.6 is 22.9 Å². The monoisotopic (exact) mass is 308 g/mol. The van der Waals surface area contributed by atoms with Crippen LogP contribution in [0.15, 0.2) is 29.6 Å². The van der Waals surface area contributed by atoms with Crippen molar-refractivity contribution in [1.29, 1.82) is 0 Å². The van der Waals surface area contributed by atoms with E-state index in [1.54, 1.807) is 17.5 Å². The zero-order chi connectivity index (χ0) is 14.5. The summed E-state index contributed by atoms with van der Waals surface area (Å²) in [5.74, 6) is 4.39. The SMILES string of the molecule is NCC#Cc1ccsc1C(=O)Nc1cccc(Cl)c1F. The summed E-state index contributed by atoms with van der Waals surface area (Å²) in [4.78, 5) is 12.5. The second kappa shape index (κ2) is 6.53. The lowest BCUT2D eigenvalue weighted by Crippen LogP contribution is -2.12. The number of thiophene rings is 1. The van der Waals surface area contributed by atoms with Gasteiger partial charge in [0.15, 0.2) is 5.82 Å². The first kappa shape index (κ1) is 14.5. The summed E-state index contributed by atoms with van der Waals surface area (Å²) < 4.78 is 13.7. The highest BCUT2D eigenvalue weighted by atomic mass is 35.5. The molecule has 0 aliphatic heterocycles. The number of carbonyl (C=O) groups is 1. The molecule has 1 aromatic heterocycles. The van der Waals surface area contributed by atoms with Gasteiger partial charge in [0.1, 0.15) is 4.88 Å². The normalized spacial score (nSPS) is 9.75. The Balaban J connectivity index is 2.25. The Bertz CT molecular complexity index is 703. The van der Waals surface area contributed by atoms with Gasteiger partial charge in [-0.3, -0.25) is 4.79 Å². The highest BCUT2D eigenvalue weighted by Crippen LogP contribution is 2.24. The number of nitrogens with two attached hydrogens (primary N) is 1. The molecule has 0 unspecified atom stereocenters. The molecule has 6 heteroatoms. The molecule has 0 atom stereocenters. The van der Waals surface area contributed by atoms with E-state index >= 15 is 0 Å². The molecule has 0 aliphatic carbocycles. The first-order valence-corrected chi connectivity index (χ1v) is 6.91. The first-order valence-electron chi connectivity index (χ1n) is 5.65. The minimum Gasteiger partial charge on any atom is -0.320 e. The Morgan fingerprint density at radius 2 is 2.25 bits per heavy atom. The van der Waals surface area contributed by atoms with E-state index in [0.29, 0.717) is 10.4 Å². The third kappa shape index (κ3) is 3.17. The molecule has 0 spiro atoms. The van der Waals surface area contributed by atoms with Gasteiger partial charge in [-0.05, 0) is 23.6 Å². The minimum atomic E-state index is -0.659. The van der Waals surface area contributed by atoms with E-state index in [4.69, 9.17) is 17.3 Å². The van der Waals surface area contributed by atoms with Gasteiger partial charge in [0, 0.05) is 5.56 Å². The molecule has 0 radical (unpaired) electrons. The van der Waals surface area contributed by atoms with Crippen molar-refractivity contribution in [2.75, 3.05) is 11.9 Å². The average Bonchev–Trinajstić information content (AvgIpc) is 2.90. The maximum atomic E-state index is 13.7. The number of carbonyl (C=O) groups excluding carboxylic acids is 1. The largest absolute Gasteiger partial charge is 0.320 e. The quantitative estimate of drug-likeness (QED) is 0.838. The van der Waals surface area contributed by atoms with Gasteiger partial charge in [-0.15, -0.1) is 11.3 Å². The number of benzene rings is 1. The topological polar surface area (TPSA) is 55.1 Å². The molecule has 2 rings (SSSR count). The van der Waals surface area contributed by atoms with Crippen molar-refractivity contribution in [2.24, 2.45) is 5.73 Å². The predicted molar refractivity (Wildman–Crippen MR) is 79.6 cm³/mol. The van der Waals surface area contributed by atoms with E-state index in [1.165, 1.54) is 23.5 Å². The lowest BCUT2D eigenvalue weighted by molar-refractivity contribution is 0.103. The molecule has 1 aromatic carbocycles. The van der Waals surface area contributed by atoms with Gasteiger partial charge in [-0.2, -0.15) is 0 Å². The number of hydrogen-bond acceptors (Lipinski definition) is 3. The zero-order valence-corrected chi connectivity index (χ0v) is 11.8. The van der Waals surface area contributed by atoms with Crippen molar-refractivity contribution in [2.45, 2.75) is 0 Å². The van der Waals surface area contributed by atoms with Crippen molar-refractivity contribution >= 4 is 34.5 Å². The Morgan fingerprint density at radius 3 is 3.00 bits per heavy atom. The molecule has 3 N–H and O–H groups in total. The Kier molecular flexibility index (Phi) is 4.74. The summed E-state index contributed by atoms with van der Waals surface area (Å²) in [6.45, 7) is 0.208. The summed E-state index contributed by atoms with van der Waals surface area (Å²) in [6.07, 6.45) is 0. The molecule has 1 heterocycles. The van der Waals surface area contributed by atoms with E-state index in [9.17, 15) is 9.18 Å². The fraction of sp³-hybridized carbons (Fsp3) is 0.0714. The van der Waals surface area contributed by atoms with Crippen molar-refractivity contribution in [3.8, 4) is 11.8 Å². The third-order valence-electron chi connectivity index (χ3n) is 2.40. The fourth-order valence-corrected chi connectivity index (χ4v) is 2.43. The molecule has 102 valence electrons. The van der Waals surface area contributed by atoms with Crippen molar-refractivity contribution < 1.29 is 9.18 Å². The summed E-state index contributed by atoms with van der Waals surface area (Å²) >= 11 is 6.89. The van der Waals surface area contributed by atoms with Crippen LogP contribution in [0.5, 0.6) is 0 Å². The van der Waals surface area contributed by atoms with Crippen LogP contribution in [0, 0.1) is 17.7 Å². The maximum Gasteiger partial charge on any atom is 0.267 e. The summed E-state index contributed by atoms with van der Waals surface area (Å²) in [5, 5.41) is 4.18. The van der Waals surface area contributed by atoms with Crippen molar-refractivity contribution in [3.05, 3.63) is 50.9 Å². The highest BCUT2D eigenvalue weighted by molar-refractivity contribution is 7.12. The smallest absolute Gasteiger partial charge is 0.267 e. The third-order valence-corrected chi connectivity index (χ3v) is 3.60. The summed E-state index contributed by atoms with van der Waals surface area (Å²) in [6, 6.07) is 6.13. The van der Waals surface area contributed by atoms with E-state index in [2.05, 4.69) is 17.2 Å². The maximum absolute atomic E-state index is 13.7. The Hall–Kier alpha value is -1.87. The van der Waals surface area contributed by atoms with Gasteiger partial charge >= 0.3 is 0 Å². The molecule has 20 heavy (non-hydrogen) atoms. The molecule has 0 saturated carbocycles. The van der Waals surface area contributed by atoms with Crippen molar-refractivity contribution in [1.82, 2.24) is 0 Å². The molecule has 0 fully saturated rings. The predicted octanol–water partition coefficient (Wildman–Crippen LogP) is 3.10. The number of rotatable bonds is 2. The van der Waals surface area contributed by atoms with Crippen LogP contribution in [0.2, 0.25) is 5.02 Å². The molecular weight excluding hydrogens is 299 g/mol. The summed E-state index contributed by atoms with van der Waals surface area (Å²) in [7, 11) is 0. The zero-order valence-electron chi connectivity index (χ0n) is 10.2. The second-order valence-electron chi connectivity index (χ2n) is 3.72. The molecule has 0 aliphatic rings. The van der Waals surface area contributed by atoms with Crippen LogP contribution < -0.4 is 11.1 Å². The Labute approximate surface area is 124 Å². The number of halogens is 2. The number of hydrogen-bond donors (Lipinski definition) is 2. The lowest BCUT2D eigenvalue weighted by Gasteiger charge is -2.06. The molecule has 1 amide bonds. The highest BCUT2D eigenvalue weighted by Gasteiger charge is 2.15. The number of amides is 1. The molecule has 0 saturated heterocycles. The second-order valence-corrected chi connectivity index (χ2v) is 5.05. The standard InChI is InChI=1S/C14H10ClFN2OS/c15-10-4-1-5-11(12(10)16)18-14(19)13-9(3-2-7-17)6-8-20-13/h1,4-6,8H,7,17H2,(H,18,19). The van der Waals surface area contributed by atoms with E-state index in [1.807, 2.05) is 0 Å². The fourth-order valence-electron chi connectivity index (χ4n) is 1.51. The van der Waals surface area contributed by atoms with Gasteiger partial charge in [0.25, 0.3) is 5.91 Å². The molecular formula is C14H10ClFN2OS. The Morgan fingerprint density at radius 1 is 1.45 bits per heavy atom. The van der Waals surface area contributed by atoms with E-state index < -0.39 is 11.7 Å². The van der Waals surface area contributed by atoms with Crippen LogP contribution in [0.25, 0.3) is 0 Å². The number of anilines is 1. The van der Waals surface area contributed by atoms with E-state index in [-0.39, 0.29) is 17.3 Å². The average molecular weight is 309 g/mol. The van der Waals surface area contributed by atoms with E-state index in [0.717, 1.165) is 0 Å². The lowest BCUT2D eigenvalue weighted by atomic mass is 10.2. The van der Waals surface area contributed by atoms with Crippen LogP contribution in [-0.2, 0) is 0 Å². The van der Waals surface area contributed by atoms with Crippen LogP contribution in [0.1, 0.15) is 15.2 Å². The molecule has 2 aromatic rings. The molecule has 0 bridgehead atoms. The minimum absolute atomic E-state index is 0.0358. The van der Waals surface area contributed by atoms with Gasteiger partial charge in [0.05, 0.1) is 17.3 Å². The van der Waals surface area contributed by atoms with Gasteiger partial charge in [-0.25, -0.2) is 4.39 Å². The summed E-state index contributed by atoms with van der Waals surface area (Å²) in [5.41, 5.74) is 5.90. The van der Waals surface area contributed by atoms with Gasteiger partial charge < -0.3 is 11.1 Å². The van der Waals surface area contributed by atoms with Crippen molar-refractivity contribution in [3.63, 3.8) is 0 Å². The van der Waals surface area contributed by atoms with Crippen LogP contribution in [0.3, 0.4) is 0 Å². The van der Waals surface area contributed by atoms with Gasteiger partial charge in [-0.1, -0.05) is 29.5 Å². The molecule has 3 nitrogen and oxygen atoms in total. The van der Waals surface area contributed by atoms with Gasteiger partial charge in [0.2, 0.25) is 0 Å². The van der Waals surface area contributed by atoms with Crippen LogP contribution in [0.4, 0.5) is 10.1 Å². The first-order chi connectivity index (χ1) is 9.63. The van der Waals surface area contributed by atoms with Crippen LogP contribution in [-0.4, -0.2) is 12.5 Å².